The molecule has 162 valence electrons. The Morgan fingerprint density at radius 1 is 0.812 bits per heavy atom. The first-order valence-electron chi connectivity index (χ1n) is 10.2. The van der Waals surface area contributed by atoms with Crippen molar-refractivity contribution in [3.8, 4) is 0 Å². The van der Waals surface area contributed by atoms with Gasteiger partial charge in [0.05, 0.1) is 9.75 Å². The first-order chi connectivity index (χ1) is 15.6. The molecule has 0 saturated heterocycles. The second-order valence-electron chi connectivity index (χ2n) is 7.25. The number of anilines is 1. The fourth-order valence-corrected chi connectivity index (χ4v) is 4.72. The minimum Gasteiger partial charge on any atom is -0.329 e. The van der Waals surface area contributed by atoms with Crippen molar-refractivity contribution in [3.63, 3.8) is 0 Å². The summed E-state index contributed by atoms with van der Waals surface area (Å²) >= 11 is 2.81. The topological polar surface area (TPSA) is 75.4 Å². The number of para-hydroxylation sites is 1. The van der Waals surface area contributed by atoms with Crippen LogP contribution in [0.1, 0.15) is 36.0 Å². The highest BCUT2D eigenvalue weighted by Crippen LogP contribution is 2.23. The van der Waals surface area contributed by atoms with Crippen LogP contribution in [0.15, 0.2) is 83.6 Å². The highest BCUT2D eigenvalue weighted by Gasteiger charge is 2.20. The number of benzene rings is 2. The van der Waals surface area contributed by atoms with Crippen LogP contribution in [-0.2, 0) is 19.6 Å². The molecule has 32 heavy (non-hydrogen) atoms. The number of carbonyl (C=O) groups excluding carboxylic acids is 2. The van der Waals surface area contributed by atoms with Crippen molar-refractivity contribution in [2.24, 2.45) is 5.73 Å². The standard InChI is InChI=1S/C25H23N3O2S2/c26-15-18-6-3-7-19(14-18)16-28(25(30)23-11-5-13-32-23)17-20-8-1-2-9-21(20)27-24(29)22-10-4-12-31-22/h1-14H,15-17,26H2,(H,27,29). The van der Waals surface area contributed by atoms with Gasteiger partial charge in [0.1, 0.15) is 0 Å². The molecule has 3 N–H and O–H groups in total. The van der Waals surface area contributed by atoms with Gasteiger partial charge in [0, 0.05) is 25.3 Å². The van der Waals surface area contributed by atoms with Gasteiger partial charge in [0.15, 0.2) is 0 Å². The zero-order valence-electron chi connectivity index (χ0n) is 17.4. The Hall–Kier alpha value is -3.26. The van der Waals surface area contributed by atoms with Crippen LogP contribution in [-0.4, -0.2) is 16.7 Å². The molecule has 2 aromatic carbocycles. The molecule has 0 bridgehead atoms. The van der Waals surface area contributed by atoms with Crippen LogP contribution in [0, 0.1) is 0 Å². The molecule has 0 aliphatic rings. The zero-order valence-corrected chi connectivity index (χ0v) is 19.0. The van der Waals surface area contributed by atoms with E-state index in [0.717, 1.165) is 16.7 Å². The average molecular weight is 462 g/mol. The third-order valence-electron chi connectivity index (χ3n) is 4.99. The summed E-state index contributed by atoms with van der Waals surface area (Å²) in [6.07, 6.45) is 0. The molecule has 0 aliphatic heterocycles. The van der Waals surface area contributed by atoms with Gasteiger partial charge in [-0.3, -0.25) is 9.59 Å². The van der Waals surface area contributed by atoms with Crippen LogP contribution >= 0.6 is 22.7 Å². The predicted molar refractivity (Wildman–Crippen MR) is 131 cm³/mol. The fourth-order valence-electron chi connectivity index (χ4n) is 3.41. The third-order valence-corrected chi connectivity index (χ3v) is 6.72. The lowest BCUT2D eigenvalue weighted by molar-refractivity contribution is 0.0735. The van der Waals surface area contributed by atoms with Crippen LogP contribution in [0.5, 0.6) is 0 Å². The van der Waals surface area contributed by atoms with E-state index in [-0.39, 0.29) is 11.8 Å². The van der Waals surface area contributed by atoms with Crippen LogP contribution in [0.2, 0.25) is 0 Å². The molecule has 4 aromatic rings. The number of carbonyl (C=O) groups is 2. The smallest absolute Gasteiger partial charge is 0.265 e. The van der Waals surface area contributed by atoms with Crippen molar-refractivity contribution < 1.29 is 9.59 Å². The van der Waals surface area contributed by atoms with Crippen LogP contribution in [0.3, 0.4) is 0 Å². The van der Waals surface area contributed by atoms with Crippen molar-refractivity contribution in [3.05, 3.63) is 110 Å². The largest absolute Gasteiger partial charge is 0.329 e. The van der Waals surface area contributed by atoms with E-state index in [2.05, 4.69) is 5.32 Å². The van der Waals surface area contributed by atoms with Crippen LogP contribution < -0.4 is 11.1 Å². The fraction of sp³-hybridized carbons (Fsp3) is 0.120. The van der Waals surface area contributed by atoms with Gasteiger partial charge in [0.2, 0.25) is 0 Å². The molecule has 0 aliphatic carbocycles. The first kappa shape index (κ1) is 22.0. The maximum atomic E-state index is 13.3. The number of hydrogen-bond acceptors (Lipinski definition) is 5. The number of amides is 2. The third kappa shape index (κ3) is 5.31. The summed E-state index contributed by atoms with van der Waals surface area (Å²) in [5, 5.41) is 6.76. The van der Waals surface area contributed by atoms with Crippen molar-refractivity contribution in [2.75, 3.05) is 5.32 Å². The van der Waals surface area contributed by atoms with Gasteiger partial charge < -0.3 is 16.0 Å². The molecule has 2 heterocycles. The Bertz CT molecular complexity index is 1190. The molecule has 4 rings (SSSR count). The SMILES string of the molecule is NCc1cccc(CN(Cc2ccccc2NC(=O)c2cccs2)C(=O)c2cccs2)c1. The van der Waals surface area contributed by atoms with Crippen molar-refractivity contribution in [2.45, 2.75) is 19.6 Å². The molecular formula is C25H23N3O2S2. The Kier molecular flexibility index (Phi) is 7.11. The predicted octanol–water partition coefficient (Wildman–Crippen LogP) is 5.36. The number of nitrogens with one attached hydrogen (secondary N) is 1. The van der Waals surface area contributed by atoms with Crippen molar-refractivity contribution in [1.82, 2.24) is 4.90 Å². The van der Waals surface area contributed by atoms with Crippen LogP contribution in [0.4, 0.5) is 5.69 Å². The Balaban J connectivity index is 1.61. The Labute approximate surface area is 195 Å². The summed E-state index contributed by atoms with van der Waals surface area (Å²) < 4.78 is 0. The molecule has 2 amide bonds. The number of thiophene rings is 2. The molecule has 5 nitrogen and oxygen atoms in total. The summed E-state index contributed by atoms with van der Waals surface area (Å²) in [4.78, 5) is 29.0. The molecule has 0 unspecified atom stereocenters. The molecule has 0 atom stereocenters. The van der Waals surface area contributed by atoms with Crippen molar-refractivity contribution in [1.29, 1.82) is 0 Å². The minimum atomic E-state index is -0.153. The van der Waals surface area contributed by atoms with Gasteiger partial charge >= 0.3 is 0 Å². The van der Waals surface area contributed by atoms with E-state index in [4.69, 9.17) is 5.73 Å². The van der Waals surface area contributed by atoms with E-state index >= 15 is 0 Å². The molecular weight excluding hydrogens is 438 g/mol. The van der Waals surface area contributed by atoms with Crippen molar-refractivity contribution >= 4 is 40.2 Å². The lowest BCUT2D eigenvalue weighted by atomic mass is 10.1. The summed E-state index contributed by atoms with van der Waals surface area (Å²) in [6.45, 7) is 1.26. The average Bonchev–Trinajstić information content (AvgIpc) is 3.54. The van der Waals surface area contributed by atoms with E-state index in [0.29, 0.717) is 35.1 Å². The second kappa shape index (κ2) is 10.4. The van der Waals surface area contributed by atoms with Gasteiger partial charge in [-0.05, 0) is 45.6 Å². The van der Waals surface area contributed by atoms with E-state index in [1.54, 1.807) is 11.0 Å². The monoisotopic (exact) mass is 461 g/mol. The summed E-state index contributed by atoms with van der Waals surface area (Å²) in [7, 11) is 0. The summed E-state index contributed by atoms with van der Waals surface area (Å²) in [5.74, 6) is -0.197. The zero-order chi connectivity index (χ0) is 22.3. The lowest BCUT2D eigenvalue weighted by Gasteiger charge is -2.24. The number of nitrogens with zero attached hydrogens (tertiary/aromatic N) is 1. The highest BCUT2D eigenvalue weighted by atomic mass is 32.1. The van der Waals surface area contributed by atoms with Gasteiger partial charge in [-0.2, -0.15) is 0 Å². The quantitative estimate of drug-likeness (QED) is 0.371. The minimum absolute atomic E-state index is 0.0439. The first-order valence-corrected chi connectivity index (χ1v) is 11.9. The van der Waals surface area contributed by atoms with Gasteiger partial charge in [-0.15, -0.1) is 22.7 Å². The Morgan fingerprint density at radius 2 is 1.53 bits per heavy atom. The van der Waals surface area contributed by atoms with E-state index in [9.17, 15) is 9.59 Å². The number of hydrogen-bond donors (Lipinski definition) is 2. The second-order valence-corrected chi connectivity index (χ2v) is 9.15. The normalized spacial score (nSPS) is 10.7. The highest BCUT2D eigenvalue weighted by molar-refractivity contribution is 7.12. The molecule has 2 aromatic heterocycles. The van der Waals surface area contributed by atoms with Crippen LogP contribution in [0.25, 0.3) is 0 Å². The summed E-state index contributed by atoms with van der Waals surface area (Å²) in [6, 6.07) is 22.9. The maximum Gasteiger partial charge on any atom is 0.265 e. The molecule has 0 spiro atoms. The van der Waals surface area contributed by atoms with Gasteiger partial charge in [0.25, 0.3) is 11.8 Å². The van der Waals surface area contributed by atoms with E-state index < -0.39 is 0 Å². The van der Waals surface area contributed by atoms with Gasteiger partial charge in [-0.1, -0.05) is 54.6 Å². The van der Waals surface area contributed by atoms with E-state index in [1.807, 2.05) is 77.5 Å². The maximum absolute atomic E-state index is 13.3. The molecule has 7 heteroatoms. The van der Waals surface area contributed by atoms with Gasteiger partial charge in [-0.25, -0.2) is 0 Å². The van der Waals surface area contributed by atoms with E-state index in [1.165, 1.54) is 22.7 Å². The lowest BCUT2D eigenvalue weighted by Crippen LogP contribution is -2.30. The number of nitrogens with two attached hydrogens (primary N) is 1. The summed E-state index contributed by atoms with van der Waals surface area (Å²) in [5.41, 5.74) is 9.41. The molecule has 0 fully saturated rings. The molecule has 0 radical (unpaired) electrons. The number of rotatable bonds is 8. The molecule has 0 saturated carbocycles. The Morgan fingerprint density at radius 3 is 2.25 bits per heavy atom.